The van der Waals surface area contributed by atoms with E-state index >= 15 is 0 Å². The predicted molar refractivity (Wildman–Crippen MR) is 39.9 cm³/mol. The molecule has 0 fully saturated rings. The molecule has 0 amide bonds. The van der Waals surface area contributed by atoms with Crippen LogP contribution in [0, 0.1) is 0 Å². The Labute approximate surface area is 74.0 Å². The minimum atomic E-state index is -4.21. The first kappa shape index (κ1) is 10.4. The van der Waals surface area contributed by atoms with Crippen molar-refractivity contribution in [3.8, 4) is 0 Å². The van der Waals surface area contributed by atoms with Gasteiger partial charge >= 0.3 is 6.18 Å². The van der Waals surface area contributed by atoms with Crippen LogP contribution in [0.3, 0.4) is 0 Å². The van der Waals surface area contributed by atoms with E-state index < -0.39 is 18.7 Å². The normalized spacial score (nSPS) is 19.5. The molecule has 13 heavy (non-hydrogen) atoms. The summed E-state index contributed by atoms with van der Waals surface area (Å²) in [5, 5.41) is 9.22. The lowest BCUT2D eigenvalue weighted by molar-refractivity contribution is -0.139. The minimum Gasteiger partial charge on any atom is -0.495 e. The number of hydrogen-bond donors (Lipinski definition) is 1. The third kappa shape index (κ3) is 3.67. The van der Waals surface area contributed by atoms with Crippen LogP contribution in [0.2, 0.25) is 0 Å². The van der Waals surface area contributed by atoms with E-state index in [1.165, 1.54) is 0 Å². The molecule has 2 nitrogen and oxygen atoms in total. The lowest BCUT2D eigenvalue weighted by Gasteiger charge is -2.13. The van der Waals surface area contributed by atoms with Gasteiger partial charge in [-0.1, -0.05) is 0 Å². The molecule has 0 aliphatic carbocycles. The average Bonchev–Trinajstić information content (AvgIpc) is 2.50. The second-order valence-corrected chi connectivity index (χ2v) is 2.91. The van der Waals surface area contributed by atoms with Crippen LogP contribution in [-0.2, 0) is 4.74 Å². The van der Waals surface area contributed by atoms with E-state index in [4.69, 9.17) is 4.74 Å². The molecule has 0 bridgehead atoms. The van der Waals surface area contributed by atoms with Gasteiger partial charge in [-0.15, -0.1) is 0 Å². The maximum atomic E-state index is 11.7. The van der Waals surface area contributed by atoms with E-state index in [2.05, 4.69) is 0 Å². The van der Waals surface area contributed by atoms with Crippen molar-refractivity contribution in [2.24, 2.45) is 0 Å². The van der Waals surface area contributed by atoms with Crippen molar-refractivity contribution in [2.45, 2.75) is 31.5 Å². The molecule has 0 aromatic carbocycles. The molecule has 1 aliphatic heterocycles. The zero-order chi connectivity index (χ0) is 9.90. The molecule has 0 aromatic heterocycles. The van der Waals surface area contributed by atoms with Crippen LogP contribution >= 0.6 is 0 Å². The molecule has 0 radical (unpaired) electrons. The van der Waals surface area contributed by atoms with Crippen molar-refractivity contribution in [1.82, 2.24) is 0 Å². The highest BCUT2D eigenvalue weighted by Gasteiger charge is 2.29. The van der Waals surface area contributed by atoms with Gasteiger partial charge in [0.1, 0.15) is 11.9 Å². The molecule has 1 atom stereocenters. The molecule has 5 heteroatoms. The predicted octanol–water partition coefficient (Wildman–Crippen LogP) is 1.99. The molecule has 1 heterocycles. The molecule has 1 rings (SSSR count). The quantitative estimate of drug-likeness (QED) is 0.748. The molecular weight excluding hydrogens is 185 g/mol. The summed E-state index contributed by atoms with van der Waals surface area (Å²) in [5.41, 5.74) is 0. The van der Waals surface area contributed by atoms with Gasteiger partial charge in [0.25, 0.3) is 0 Å². The Morgan fingerprint density at radius 3 is 2.69 bits per heavy atom. The van der Waals surface area contributed by atoms with Gasteiger partial charge in [0, 0.05) is 12.8 Å². The van der Waals surface area contributed by atoms with E-state index in [9.17, 15) is 18.3 Å². The summed E-state index contributed by atoms with van der Waals surface area (Å²) >= 11 is 0. The monoisotopic (exact) mass is 196 g/mol. The van der Waals surface area contributed by atoms with Crippen LogP contribution in [0.4, 0.5) is 13.2 Å². The van der Waals surface area contributed by atoms with Gasteiger partial charge < -0.3 is 9.84 Å². The number of rotatable bonds is 3. The van der Waals surface area contributed by atoms with Crippen LogP contribution in [0.5, 0.6) is 0 Å². The molecule has 0 aromatic rings. The van der Waals surface area contributed by atoms with Crippen molar-refractivity contribution >= 4 is 0 Å². The van der Waals surface area contributed by atoms with Gasteiger partial charge in [0.15, 0.2) is 0 Å². The minimum absolute atomic E-state index is 0.282. The highest BCUT2D eigenvalue weighted by atomic mass is 19.4. The smallest absolute Gasteiger partial charge is 0.389 e. The Morgan fingerprint density at radius 2 is 2.23 bits per heavy atom. The second kappa shape index (κ2) is 4.00. The van der Waals surface area contributed by atoms with Crippen LogP contribution < -0.4 is 0 Å². The molecular formula is C8H11F3O2. The van der Waals surface area contributed by atoms with Crippen molar-refractivity contribution < 1.29 is 23.0 Å². The van der Waals surface area contributed by atoms with Crippen LogP contribution in [0.25, 0.3) is 0 Å². The van der Waals surface area contributed by atoms with Gasteiger partial charge in [-0.2, -0.15) is 13.2 Å². The zero-order valence-electron chi connectivity index (χ0n) is 6.97. The largest absolute Gasteiger partial charge is 0.495 e. The summed E-state index contributed by atoms with van der Waals surface area (Å²) in [4.78, 5) is 0. The maximum absolute atomic E-state index is 11.7. The fourth-order valence-corrected chi connectivity index (χ4v) is 1.11. The Hall–Kier alpha value is -0.710. The van der Waals surface area contributed by atoms with Gasteiger partial charge in [-0.05, 0) is 12.5 Å². The third-order valence-corrected chi connectivity index (χ3v) is 1.76. The summed E-state index contributed by atoms with van der Waals surface area (Å²) < 4.78 is 40.1. The average molecular weight is 196 g/mol. The summed E-state index contributed by atoms with van der Waals surface area (Å²) in [6.07, 6.45) is -4.33. The Kier molecular flexibility index (Phi) is 3.19. The first-order chi connectivity index (χ1) is 5.99. The summed E-state index contributed by atoms with van der Waals surface area (Å²) in [5.74, 6) is 0.282. The summed E-state index contributed by atoms with van der Waals surface area (Å²) in [6.45, 7) is 0.457. The molecule has 1 N–H and O–H groups in total. The van der Waals surface area contributed by atoms with Gasteiger partial charge in [-0.3, -0.25) is 0 Å². The molecule has 0 saturated heterocycles. The van der Waals surface area contributed by atoms with Crippen LogP contribution in [0.15, 0.2) is 11.8 Å². The van der Waals surface area contributed by atoms with Gasteiger partial charge in [0.05, 0.1) is 6.61 Å². The number of hydrogen-bond acceptors (Lipinski definition) is 2. The highest BCUT2D eigenvalue weighted by Crippen LogP contribution is 2.25. The molecule has 0 saturated carbocycles. The van der Waals surface area contributed by atoms with Crippen molar-refractivity contribution in [1.29, 1.82) is 0 Å². The molecule has 1 unspecified atom stereocenters. The lowest BCUT2D eigenvalue weighted by Crippen LogP contribution is -2.16. The fourth-order valence-electron chi connectivity index (χ4n) is 1.11. The first-order valence-corrected chi connectivity index (χ1v) is 4.07. The second-order valence-electron chi connectivity index (χ2n) is 2.91. The van der Waals surface area contributed by atoms with Crippen LogP contribution in [0.1, 0.15) is 19.3 Å². The van der Waals surface area contributed by atoms with Crippen molar-refractivity contribution in [3.05, 3.63) is 11.8 Å². The number of halogens is 3. The zero-order valence-corrected chi connectivity index (χ0v) is 6.97. The number of alkyl halides is 3. The Morgan fingerprint density at radius 1 is 1.54 bits per heavy atom. The summed E-state index contributed by atoms with van der Waals surface area (Å²) in [7, 11) is 0. The first-order valence-electron chi connectivity index (χ1n) is 4.07. The SMILES string of the molecule is OC(CCC(F)(F)F)C1=CCCO1. The van der Waals surface area contributed by atoms with Crippen molar-refractivity contribution in [3.63, 3.8) is 0 Å². The number of aliphatic hydroxyl groups excluding tert-OH is 1. The Bertz CT molecular complexity index is 198. The molecule has 1 aliphatic rings. The topological polar surface area (TPSA) is 29.5 Å². The summed E-state index contributed by atoms with van der Waals surface area (Å²) in [6, 6.07) is 0. The lowest BCUT2D eigenvalue weighted by atomic mass is 10.1. The number of ether oxygens (including phenoxy) is 1. The number of aliphatic hydroxyl groups is 1. The van der Waals surface area contributed by atoms with Crippen LogP contribution in [-0.4, -0.2) is 24.0 Å². The molecule has 76 valence electrons. The highest BCUT2D eigenvalue weighted by molar-refractivity contribution is 5.03. The van der Waals surface area contributed by atoms with E-state index in [1.54, 1.807) is 6.08 Å². The van der Waals surface area contributed by atoms with Crippen molar-refractivity contribution in [2.75, 3.05) is 6.61 Å². The fraction of sp³-hybridized carbons (Fsp3) is 0.750. The van der Waals surface area contributed by atoms with E-state index in [0.29, 0.717) is 13.0 Å². The standard InChI is InChI=1S/C8H11F3O2/c9-8(10,11)4-3-6(12)7-2-1-5-13-7/h2,6,12H,1,3-5H2. The third-order valence-electron chi connectivity index (χ3n) is 1.76. The van der Waals surface area contributed by atoms with Gasteiger partial charge in [0.2, 0.25) is 0 Å². The Balaban J connectivity index is 2.29. The maximum Gasteiger partial charge on any atom is 0.389 e. The van der Waals surface area contributed by atoms with E-state index in [0.717, 1.165) is 0 Å². The van der Waals surface area contributed by atoms with Gasteiger partial charge in [-0.25, -0.2) is 0 Å². The molecule has 0 spiro atoms. The van der Waals surface area contributed by atoms with E-state index in [-0.39, 0.29) is 12.2 Å². The van der Waals surface area contributed by atoms with E-state index in [1.807, 2.05) is 0 Å².